The van der Waals surface area contributed by atoms with Gasteiger partial charge in [0.1, 0.15) is 0 Å². The average Bonchev–Trinajstić information content (AvgIpc) is 2.52. The zero-order valence-electron chi connectivity index (χ0n) is 14.1. The second-order valence-electron chi connectivity index (χ2n) is 5.68. The highest BCUT2D eigenvalue weighted by atomic mass is 79.9. The molecular weight excluding hydrogens is 368 g/mol. The average molecular weight is 389 g/mol. The van der Waals surface area contributed by atoms with Crippen LogP contribution in [-0.4, -0.2) is 24.9 Å². The summed E-state index contributed by atoms with van der Waals surface area (Å²) >= 11 is 3.35. The maximum atomic E-state index is 12.2. The number of rotatable bonds is 5. The van der Waals surface area contributed by atoms with Gasteiger partial charge in [-0.25, -0.2) is 0 Å². The standard InChI is InChI=1S/C19H21BrN2O2/c1-13-6-4-7-14(2)18(13)22(15(3)23)11-10-21-19(24)16-8-5-9-17(20)12-16/h4-9,12H,10-11H2,1-3H3,(H,21,24). The molecule has 0 radical (unpaired) electrons. The Labute approximate surface area is 151 Å². The van der Waals surface area contributed by atoms with Crippen molar-refractivity contribution in [3.8, 4) is 0 Å². The van der Waals surface area contributed by atoms with Crippen molar-refractivity contribution in [2.24, 2.45) is 0 Å². The van der Waals surface area contributed by atoms with Crippen molar-refractivity contribution >= 4 is 33.4 Å². The van der Waals surface area contributed by atoms with Gasteiger partial charge in [-0.1, -0.05) is 40.2 Å². The Balaban J connectivity index is 2.05. The van der Waals surface area contributed by atoms with Crippen molar-refractivity contribution in [3.05, 3.63) is 63.6 Å². The molecule has 0 aliphatic rings. The van der Waals surface area contributed by atoms with E-state index < -0.39 is 0 Å². The second-order valence-corrected chi connectivity index (χ2v) is 6.59. The van der Waals surface area contributed by atoms with E-state index in [0.717, 1.165) is 21.3 Å². The number of nitrogens with one attached hydrogen (secondary N) is 1. The number of hydrogen-bond acceptors (Lipinski definition) is 2. The van der Waals surface area contributed by atoms with Crippen LogP contribution in [0, 0.1) is 13.8 Å². The molecule has 126 valence electrons. The van der Waals surface area contributed by atoms with Gasteiger partial charge in [-0.05, 0) is 43.2 Å². The van der Waals surface area contributed by atoms with Crippen molar-refractivity contribution in [3.63, 3.8) is 0 Å². The molecule has 2 rings (SSSR count). The predicted molar refractivity (Wildman–Crippen MR) is 100 cm³/mol. The van der Waals surface area contributed by atoms with Gasteiger partial charge in [-0.15, -0.1) is 0 Å². The summed E-state index contributed by atoms with van der Waals surface area (Å²) in [7, 11) is 0. The Morgan fingerprint density at radius 1 is 1.08 bits per heavy atom. The highest BCUT2D eigenvalue weighted by Crippen LogP contribution is 2.24. The van der Waals surface area contributed by atoms with Crippen molar-refractivity contribution in [2.75, 3.05) is 18.0 Å². The van der Waals surface area contributed by atoms with Crippen molar-refractivity contribution in [1.82, 2.24) is 5.32 Å². The minimum Gasteiger partial charge on any atom is -0.350 e. The first-order valence-corrected chi connectivity index (χ1v) is 8.57. The number of hydrogen-bond donors (Lipinski definition) is 1. The molecule has 24 heavy (non-hydrogen) atoms. The maximum Gasteiger partial charge on any atom is 0.251 e. The second kappa shape index (κ2) is 8.11. The largest absolute Gasteiger partial charge is 0.350 e. The molecule has 0 aliphatic heterocycles. The number of carbonyl (C=O) groups excluding carboxylic acids is 2. The van der Waals surface area contributed by atoms with E-state index in [1.807, 2.05) is 44.2 Å². The summed E-state index contributed by atoms with van der Waals surface area (Å²) in [4.78, 5) is 25.9. The van der Waals surface area contributed by atoms with Crippen molar-refractivity contribution < 1.29 is 9.59 Å². The van der Waals surface area contributed by atoms with Crippen LogP contribution in [0.2, 0.25) is 0 Å². The SMILES string of the molecule is CC(=O)N(CCNC(=O)c1cccc(Br)c1)c1c(C)cccc1C. The van der Waals surface area contributed by atoms with Gasteiger partial charge in [-0.3, -0.25) is 9.59 Å². The van der Waals surface area contributed by atoms with E-state index >= 15 is 0 Å². The van der Waals surface area contributed by atoms with E-state index in [0.29, 0.717) is 18.7 Å². The molecule has 4 nitrogen and oxygen atoms in total. The van der Waals surface area contributed by atoms with Gasteiger partial charge in [0, 0.05) is 35.7 Å². The van der Waals surface area contributed by atoms with Crippen LogP contribution in [0.3, 0.4) is 0 Å². The molecular formula is C19H21BrN2O2. The Morgan fingerprint density at radius 2 is 1.71 bits per heavy atom. The van der Waals surface area contributed by atoms with Gasteiger partial charge in [-0.2, -0.15) is 0 Å². The van der Waals surface area contributed by atoms with E-state index in [2.05, 4.69) is 21.2 Å². The fourth-order valence-corrected chi connectivity index (χ4v) is 3.07. The molecule has 2 amide bonds. The summed E-state index contributed by atoms with van der Waals surface area (Å²) in [5, 5.41) is 2.87. The lowest BCUT2D eigenvalue weighted by atomic mass is 10.1. The van der Waals surface area contributed by atoms with E-state index in [1.165, 1.54) is 0 Å². The third kappa shape index (κ3) is 4.45. The monoisotopic (exact) mass is 388 g/mol. The molecule has 0 bridgehead atoms. The highest BCUT2D eigenvalue weighted by Gasteiger charge is 2.16. The lowest BCUT2D eigenvalue weighted by molar-refractivity contribution is -0.116. The molecule has 1 N–H and O–H groups in total. The Hall–Kier alpha value is -2.14. The first-order valence-electron chi connectivity index (χ1n) is 7.78. The summed E-state index contributed by atoms with van der Waals surface area (Å²) in [6.07, 6.45) is 0. The quantitative estimate of drug-likeness (QED) is 0.845. The van der Waals surface area contributed by atoms with E-state index in [1.54, 1.807) is 24.0 Å². The van der Waals surface area contributed by atoms with E-state index in [4.69, 9.17) is 0 Å². The van der Waals surface area contributed by atoms with Crippen LogP contribution in [0.1, 0.15) is 28.4 Å². The van der Waals surface area contributed by atoms with Crippen LogP contribution in [-0.2, 0) is 4.79 Å². The van der Waals surface area contributed by atoms with Crippen LogP contribution in [0.5, 0.6) is 0 Å². The zero-order chi connectivity index (χ0) is 17.7. The molecule has 0 aliphatic carbocycles. The van der Waals surface area contributed by atoms with Crippen molar-refractivity contribution in [2.45, 2.75) is 20.8 Å². The first-order chi connectivity index (χ1) is 11.4. The van der Waals surface area contributed by atoms with Crippen molar-refractivity contribution in [1.29, 1.82) is 0 Å². The van der Waals surface area contributed by atoms with Crippen LogP contribution < -0.4 is 10.2 Å². The molecule has 0 fully saturated rings. The Morgan fingerprint density at radius 3 is 2.29 bits per heavy atom. The fraction of sp³-hybridized carbons (Fsp3) is 0.263. The molecule has 0 aromatic heterocycles. The first kappa shape index (κ1) is 18.2. The van der Waals surface area contributed by atoms with Gasteiger partial charge < -0.3 is 10.2 Å². The van der Waals surface area contributed by atoms with E-state index in [9.17, 15) is 9.59 Å². The smallest absolute Gasteiger partial charge is 0.251 e. The zero-order valence-corrected chi connectivity index (χ0v) is 15.7. The van der Waals surface area contributed by atoms with Crippen LogP contribution >= 0.6 is 15.9 Å². The normalized spacial score (nSPS) is 10.3. The Bertz CT molecular complexity index is 739. The molecule has 2 aromatic rings. The molecule has 0 unspecified atom stereocenters. The fourth-order valence-electron chi connectivity index (χ4n) is 2.67. The summed E-state index contributed by atoms with van der Waals surface area (Å²) in [6.45, 7) is 6.33. The third-order valence-corrected chi connectivity index (χ3v) is 4.29. The number of para-hydroxylation sites is 1. The van der Waals surface area contributed by atoms with Gasteiger partial charge in [0.2, 0.25) is 5.91 Å². The number of amides is 2. The molecule has 0 atom stereocenters. The number of nitrogens with zero attached hydrogens (tertiary/aromatic N) is 1. The maximum absolute atomic E-state index is 12.2. The van der Waals surface area contributed by atoms with E-state index in [-0.39, 0.29) is 11.8 Å². The molecule has 0 heterocycles. The topological polar surface area (TPSA) is 49.4 Å². The van der Waals surface area contributed by atoms with Crippen LogP contribution in [0.25, 0.3) is 0 Å². The van der Waals surface area contributed by atoms with Gasteiger partial charge in [0.15, 0.2) is 0 Å². The number of anilines is 1. The summed E-state index contributed by atoms with van der Waals surface area (Å²) < 4.78 is 0.857. The molecule has 5 heteroatoms. The van der Waals surface area contributed by atoms with Crippen LogP contribution in [0.4, 0.5) is 5.69 Å². The minimum atomic E-state index is -0.152. The minimum absolute atomic E-state index is 0.0379. The molecule has 0 spiro atoms. The summed E-state index contributed by atoms with van der Waals surface area (Å²) in [5.74, 6) is -0.189. The number of carbonyl (C=O) groups is 2. The predicted octanol–water partition coefficient (Wildman–Crippen LogP) is 3.85. The van der Waals surface area contributed by atoms with Gasteiger partial charge in [0.05, 0.1) is 0 Å². The highest BCUT2D eigenvalue weighted by molar-refractivity contribution is 9.10. The Kier molecular flexibility index (Phi) is 6.15. The molecule has 0 saturated heterocycles. The van der Waals surface area contributed by atoms with Gasteiger partial charge in [0.25, 0.3) is 5.91 Å². The molecule has 0 saturated carbocycles. The summed E-state index contributed by atoms with van der Waals surface area (Å²) in [5.41, 5.74) is 3.60. The van der Waals surface area contributed by atoms with Crippen LogP contribution in [0.15, 0.2) is 46.9 Å². The number of aryl methyl sites for hydroxylation is 2. The number of benzene rings is 2. The lowest BCUT2D eigenvalue weighted by Crippen LogP contribution is -2.38. The lowest BCUT2D eigenvalue weighted by Gasteiger charge is -2.25. The number of halogens is 1. The van der Waals surface area contributed by atoms with Gasteiger partial charge >= 0.3 is 0 Å². The third-order valence-electron chi connectivity index (χ3n) is 3.80. The molecule has 2 aromatic carbocycles. The summed E-state index contributed by atoms with van der Waals surface area (Å²) in [6, 6.07) is 13.2.